The maximum absolute atomic E-state index is 12.8. The topological polar surface area (TPSA) is 134 Å². The minimum Gasteiger partial charge on any atom is -0.462 e. The Labute approximate surface area is 615 Å². The maximum Gasteiger partial charge on any atom is 0.472 e. The number of carbonyl (C=O) groups excluding carboxylic acids is 2. The van der Waals surface area contributed by atoms with Gasteiger partial charge >= 0.3 is 19.8 Å². The lowest BCUT2D eigenvalue weighted by atomic mass is 10.0. The van der Waals surface area contributed by atoms with Gasteiger partial charge in [0.2, 0.25) is 0 Å². The van der Waals surface area contributed by atoms with Gasteiger partial charge in [0.25, 0.3) is 0 Å². The van der Waals surface area contributed by atoms with Crippen molar-refractivity contribution < 1.29 is 37.6 Å². The van der Waals surface area contributed by atoms with Gasteiger partial charge in [-0.25, -0.2) is 4.57 Å². The summed E-state index contributed by atoms with van der Waals surface area (Å²) >= 11 is 0. The summed E-state index contributed by atoms with van der Waals surface area (Å²) in [6, 6.07) is 0. The summed E-state index contributed by atoms with van der Waals surface area (Å²) in [6.07, 6.45) is 114. The minimum absolute atomic E-state index is 0.0552. The summed E-state index contributed by atoms with van der Waals surface area (Å²) in [7, 11) is -4.40. The van der Waals surface area contributed by atoms with Gasteiger partial charge in [-0.2, -0.15) is 0 Å². The predicted molar refractivity (Wildman–Crippen MR) is 432 cm³/mol. The number of allylic oxidation sites excluding steroid dienone is 12. The van der Waals surface area contributed by atoms with E-state index in [0.29, 0.717) is 6.42 Å². The Bertz CT molecular complexity index is 1860. The molecule has 9 nitrogen and oxygen atoms in total. The van der Waals surface area contributed by atoms with E-state index in [9.17, 15) is 19.0 Å². The van der Waals surface area contributed by atoms with Crippen LogP contribution < -0.4 is 5.73 Å². The van der Waals surface area contributed by atoms with Crippen molar-refractivity contribution in [2.75, 3.05) is 26.4 Å². The van der Waals surface area contributed by atoms with Crippen LogP contribution in [-0.4, -0.2) is 49.3 Å². The fourth-order valence-corrected chi connectivity index (χ4v) is 14.0. The molecule has 0 aliphatic carbocycles. The Morgan fingerprint density at radius 3 is 0.838 bits per heavy atom. The molecule has 0 amide bonds. The molecule has 0 aromatic heterocycles. The Balaban J connectivity index is 3.72. The molecular weight excluding hydrogens is 1240 g/mol. The molecule has 3 N–H and O–H groups in total. The molecule has 2 atom stereocenters. The van der Waals surface area contributed by atoms with E-state index in [-0.39, 0.29) is 38.6 Å². The second kappa shape index (κ2) is 84.4. The summed E-state index contributed by atoms with van der Waals surface area (Å²) in [6.45, 7) is 3.71. The largest absolute Gasteiger partial charge is 0.472 e. The first-order valence-electron chi connectivity index (χ1n) is 43.4. The van der Waals surface area contributed by atoms with E-state index in [2.05, 4.69) is 86.8 Å². The second-order valence-corrected chi connectivity index (χ2v) is 30.8. The number of hydrogen-bond acceptors (Lipinski definition) is 8. The first-order valence-corrected chi connectivity index (χ1v) is 44.9. The van der Waals surface area contributed by atoms with Crippen LogP contribution in [0.4, 0.5) is 0 Å². The second-order valence-electron chi connectivity index (χ2n) is 29.4. The quantitative estimate of drug-likeness (QED) is 0.0264. The molecule has 580 valence electrons. The standard InChI is InChI=1S/C89H166NO8P/c1-3-5-7-9-11-13-15-17-19-21-23-25-27-29-31-33-35-37-39-41-42-43-44-46-47-49-51-53-55-57-59-61-63-65-67-69-71-73-75-77-79-81-88(91)95-85-87(86-97-99(93,94)96-84-83-90)98-89(92)82-80-78-76-74-72-70-68-66-64-62-60-58-56-54-52-50-48-45-40-38-36-34-32-30-28-26-24-22-20-18-16-14-12-10-8-6-4-2/h6,8,12,14,18,20-21,23-24,26,30,32,87H,3-5,7,9-11,13,15-17,19,22,25,27-29,31,33-86,90H2,1-2H3,(H,93,94)/b8-6-,14-12-,20-18-,23-21-,26-24-,32-30-. The van der Waals surface area contributed by atoms with Crippen molar-refractivity contribution in [3.63, 3.8) is 0 Å². The summed E-state index contributed by atoms with van der Waals surface area (Å²) in [5.41, 5.74) is 5.42. The van der Waals surface area contributed by atoms with Gasteiger partial charge < -0.3 is 20.1 Å². The van der Waals surface area contributed by atoms with Crippen LogP contribution in [0.25, 0.3) is 0 Å². The summed E-state index contributed by atoms with van der Waals surface area (Å²) in [5.74, 6) is -0.802. The lowest BCUT2D eigenvalue weighted by Gasteiger charge is -2.19. The van der Waals surface area contributed by atoms with Crippen molar-refractivity contribution in [1.29, 1.82) is 0 Å². The number of phosphoric acid groups is 1. The van der Waals surface area contributed by atoms with Crippen molar-refractivity contribution in [3.05, 3.63) is 72.9 Å². The van der Waals surface area contributed by atoms with Crippen LogP contribution in [0.1, 0.15) is 450 Å². The molecule has 0 radical (unpaired) electrons. The summed E-state index contributed by atoms with van der Waals surface area (Å²) < 4.78 is 33.3. The summed E-state index contributed by atoms with van der Waals surface area (Å²) in [5, 5.41) is 0. The van der Waals surface area contributed by atoms with E-state index in [0.717, 1.165) is 64.2 Å². The molecule has 0 rings (SSSR count). The van der Waals surface area contributed by atoms with Crippen LogP contribution in [0, 0.1) is 0 Å². The monoisotopic (exact) mass is 1410 g/mol. The smallest absolute Gasteiger partial charge is 0.462 e. The highest BCUT2D eigenvalue weighted by atomic mass is 31.2. The Kier molecular flexibility index (Phi) is 82.2. The van der Waals surface area contributed by atoms with E-state index in [1.165, 1.54) is 353 Å². The first-order chi connectivity index (χ1) is 48.8. The summed E-state index contributed by atoms with van der Waals surface area (Å²) in [4.78, 5) is 35.5. The van der Waals surface area contributed by atoms with Crippen LogP contribution in [0.15, 0.2) is 72.9 Å². The van der Waals surface area contributed by atoms with Crippen LogP contribution in [0.2, 0.25) is 0 Å². The molecular formula is C89H166NO8P. The number of nitrogens with two attached hydrogens (primary N) is 1. The number of phosphoric ester groups is 1. The molecule has 0 aliphatic heterocycles. The van der Waals surface area contributed by atoms with Crippen LogP contribution in [0.5, 0.6) is 0 Å². The minimum atomic E-state index is -4.40. The van der Waals surface area contributed by atoms with Gasteiger partial charge in [-0.1, -0.05) is 427 Å². The van der Waals surface area contributed by atoms with E-state index >= 15 is 0 Å². The number of carbonyl (C=O) groups is 2. The average molecular weight is 1410 g/mol. The number of esters is 2. The molecule has 0 aliphatic rings. The zero-order chi connectivity index (χ0) is 71.5. The third kappa shape index (κ3) is 84.3. The highest BCUT2D eigenvalue weighted by Crippen LogP contribution is 2.43. The van der Waals surface area contributed by atoms with Gasteiger partial charge in [-0.3, -0.25) is 18.6 Å². The molecule has 0 aromatic carbocycles. The molecule has 0 heterocycles. The van der Waals surface area contributed by atoms with Crippen molar-refractivity contribution in [1.82, 2.24) is 0 Å². The van der Waals surface area contributed by atoms with E-state index < -0.39 is 26.5 Å². The third-order valence-corrected chi connectivity index (χ3v) is 20.6. The van der Waals surface area contributed by atoms with E-state index in [1.54, 1.807) is 0 Å². The molecule has 0 saturated carbocycles. The third-order valence-electron chi connectivity index (χ3n) is 19.6. The molecule has 0 bridgehead atoms. The average Bonchev–Trinajstić information content (AvgIpc) is 1.64. The number of ether oxygens (including phenoxy) is 2. The lowest BCUT2D eigenvalue weighted by Crippen LogP contribution is -2.29. The van der Waals surface area contributed by atoms with Crippen molar-refractivity contribution in [2.45, 2.75) is 457 Å². The van der Waals surface area contributed by atoms with Crippen LogP contribution in [-0.2, 0) is 32.7 Å². The molecule has 0 saturated heterocycles. The van der Waals surface area contributed by atoms with Gasteiger partial charge in [-0.05, 0) is 83.5 Å². The molecule has 0 aromatic rings. The SMILES string of the molecule is CC/C=C\C/C=C\C/C=C\C/C=C\C/C=C\CCCCCCCCCCCCCCCCCCCCCCCC(=O)OC(COC(=O)CCCCCCCCCCCCCCCCCCCCCCCCCCCCCCC/C=C\CCCCCCCCCC)COP(=O)(O)OCCN. The van der Waals surface area contributed by atoms with Crippen LogP contribution in [0.3, 0.4) is 0 Å². The number of hydrogen-bond donors (Lipinski definition) is 2. The van der Waals surface area contributed by atoms with Gasteiger partial charge in [0.15, 0.2) is 6.10 Å². The highest BCUT2D eigenvalue weighted by molar-refractivity contribution is 7.47. The van der Waals surface area contributed by atoms with Gasteiger partial charge in [0.05, 0.1) is 13.2 Å². The predicted octanol–water partition coefficient (Wildman–Crippen LogP) is 29.4. The first kappa shape index (κ1) is 96.4. The fourth-order valence-electron chi connectivity index (χ4n) is 13.2. The highest BCUT2D eigenvalue weighted by Gasteiger charge is 2.26. The van der Waals surface area contributed by atoms with E-state index in [1.807, 2.05) is 0 Å². The molecule has 0 fully saturated rings. The zero-order valence-electron chi connectivity index (χ0n) is 65.7. The van der Waals surface area contributed by atoms with E-state index in [4.69, 9.17) is 24.3 Å². The fraction of sp³-hybridized carbons (Fsp3) is 0.843. The normalized spacial score (nSPS) is 13.1. The Morgan fingerprint density at radius 2 is 0.556 bits per heavy atom. The van der Waals surface area contributed by atoms with Gasteiger partial charge in [0, 0.05) is 19.4 Å². The van der Waals surface area contributed by atoms with Crippen molar-refractivity contribution in [2.24, 2.45) is 5.73 Å². The maximum atomic E-state index is 12.8. The Hall–Kier alpha value is -2.55. The number of rotatable bonds is 83. The van der Waals surface area contributed by atoms with Crippen molar-refractivity contribution in [3.8, 4) is 0 Å². The number of unbranched alkanes of at least 4 members (excludes halogenated alkanes) is 58. The molecule has 2 unspecified atom stereocenters. The lowest BCUT2D eigenvalue weighted by molar-refractivity contribution is -0.161. The van der Waals surface area contributed by atoms with Gasteiger partial charge in [-0.15, -0.1) is 0 Å². The molecule has 0 spiro atoms. The van der Waals surface area contributed by atoms with Gasteiger partial charge in [0.1, 0.15) is 6.61 Å². The van der Waals surface area contributed by atoms with Crippen LogP contribution >= 0.6 is 7.82 Å². The Morgan fingerprint density at radius 1 is 0.313 bits per heavy atom. The van der Waals surface area contributed by atoms with Crippen molar-refractivity contribution >= 4 is 19.8 Å². The zero-order valence-corrected chi connectivity index (χ0v) is 66.6. The molecule has 99 heavy (non-hydrogen) atoms. The molecule has 10 heteroatoms.